The van der Waals surface area contributed by atoms with Gasteiger partial charge in [-0.2, -0.15) is 5.10 Å². The van der Waals surface area contributed by atoms with Gasteiger partial charge in [-0.3, -0.25) is 9.67 Å². The molecule has 2 heterocycles. The van der Waals surface area contributed by atoms with E-state index in [1.54, 1.807) is 12.4 Å². The fourth-order valence-electron chi connectivity index (χ4n) is 1.93. The number of pyridine rings is 1. The Morgan fingerprint density at radius 3 is 2.95 bits per heavy atom. The van der Waals surface area contributed by atoms with E-state index in [9.17, 15) is 0 Å². The Morgan fingerprint density at radius 2 is 2.19 bits per heavy atom. The van der Waals surface area contributed by atoms with Crippen LogP contribution in [-0.4, -0.2) is 26.5 Å². The van der Waals surface area contributed by atoms with E-state index in [1.165, 1.54) is 0 Å². The minimum Gasteiger partial charge on any atom is -0.486 e. The lowest BCUT2D eigenvalue weighted by Crippen LogP contribution is -2.06. The molecule has 21 heavy (non-hydrogen) atoms. The highest BCUT2D eigenvalue weighted by Gasteiger charge is 2.05. The molecule has 0 bridgehead atoms. The van der Waals surface area contributed by atoms with Gasteiger partial charge in [-0.05, 0) is 26.0 Å². The fourth-order valence-corrected chi connectivity index (χ4v) is 1.93. The van der Waals surface area contributed by atoms with Gasteiger partial charge in [-0.1, -0.05) is 11.8 Å². The van der Waals surface area contributed by atoms with Gasteiger partial charge in [0.1, 0.15) is 12.4 Å². The lowest BCUT2D eigenvalue weighted by molar-refractivity contribution is 0.291. The Morgan fingerprint density at radius 1 is 1.33 bits per heavy atom. The standard InChI is InChI=1S/C16H19N3O2/c1-3-19-15(8-13(2)18-19)12-21-16-9-14(10-17-11-16)6-4-5-7-20/h8-11,20H,3,5,7,12H2,1-2H3. The number of hydrogen-bond donors (Lipinski definition) is 1. The molecule has 0 unspecified atom stereocenters. The second kappa shape index (κ2) is 7.46. The fraction of sp³-hybridized carbons (Fsp3) is 0.375. The summed E-state index contributed by atoms with van der Waals surface area (Å²) in [6.07, 6.45) is 3.80. The summed E-state index contributed by atoms with van der Waals surface area (Å²) in [5.41, 5.74) is 2.80. The molecule has 0 radical (unpaired) electrons. The number of aliphatic hydroxyl groups is 1. The summed E-state index contributed by atoms with van der Waals surface area (Å²) < 4.78 is 7.68. The van der Waals surface area contributed by atoms with E-state index in [0.717, 1.165) is 23.5 Å². The molecule has 1 N–H and O–H groups in total. The van der Waals surface area contributed by atoms with E-state index < -0.39 is 0 Å². The maximum absolute atomic E-state index is 8.71. The molecule has 0 aromatic carbocycles. The monoisotopic (exact) mass is 285 g/mol. The predicted octanol–water partition coefficient (Wildman–Crippen LogP) is 1.92. The van der Waals surface area contributed by atoms with Crippen LogP contribution in [0.1, 0.15) is 30.3 Å². The molecule has 0 amide bonds. The maximum Gasteiger partial charge on any atom is 0.139 e. The number of ether oxygens (including phenoxy) is 1. The number of rotatable bonds is 5. The summed E-state index contributed by atoms with van der Waals surface area (Å²) in [4.78, 5) is 4.11. The van der Waals surface area contributed by atoms with Crippen molar-refractivity contribution in [2.24, 2.45) is 0 Å². The van der Waals surface area contributed by atoms with Gasteiger partial charge in [0.15, 0.2) is 0 Å². The third-order valence-corrected chi connectivity index (χ3v) is 2.85. The molecule has 0 atom stereocenters. The third kappa shape index (κ3) is 4.33. The van der Waals surface area contributed by atoms with Crippen molar-refractivity contribution in [3.8, 4) is 17.6 Å². The molecular weight excluding hydrogens is 266 g/mol. The lowest BCUT2D eigenvalue weighted by atomic mass is 10.2. The highest BCUT2D eigenvalue weighted by atomic mass is 16.5. The van der Waals surface area contributed by atoms with Gasteiger partial charge in [0.05, 0.1) is 24.2 Å². The van der Waals surface area contributed by atoms with Crippen LogP contribution in [0.4, 0.5) is 0 Å². The number of hydrogen-bond acceptors (Lipinski definition) is 4. The van der Waals surface area contributed by atoms with Crippen LogP contribution in [-0.2, 0) is 13.2 Å². The Kier molecular flexibility index (Phi) is 5.35. The van der Waals surface area contributed by atoms with Gasteiger partial charge in [-0.25, -0.2) is 0 Å². The van der Waals surface area contributed by atoms with Crippen molar-refractivity contribution in [3.05, 3.63) is 41.5 Å². The molecule has 2 rings (SSSR count). The van der Waals surface area contributed by atoms with E-state index in [0.29, 0.717) is 18.8 Å². The third-order valence-electron chi connectivity index (χ3n) is 2.85. The van der Waals surface area contributed by atoms with Gasteiger partial charge in [0.25, 0.3) is 0 Å². The molecule has 0 aliphatic heterocycles. The van der Waals surface area contributed by atoms with Crippen molar-refractivity contribution >= 4 is 0 Å². The summed E-state index contributed by atoms with van der Waals surface area (Å²) in [7, 11) is 0. The van der Waals surface area contributed by atoms with Crippen molar-refractivity contribution in [3.63, 3.8) is 0 Å². The topological polar surface area (TPSA) is 60.2 Å². The van der Waals surface area contributed by atoms with Crippen molar-refractivity contribution in [1.29, 1.82) is 0 Å². The molecule has 110 valence electrons. The zero-order valence-electron chi connectivity index (χ0n) is 12.3. The second-order valence-corrected chi connectivity index (χ2v) is 4.57. The first-order chi connectivity index (χ1) is 10.2. The molecule has 2 aromatic rings. The van der Waals surface area contributed by atoms with Crippen LogP contribution >= 0.6 is 0 Å². The highest BCUT2D eigenvalue weighted by Crippen LogP contribution is 2.13. The predicted molar refractivity (Wildman–Crippen MR) is 79.8 cm³/mol. The minimum absolute atomic E-state index is 0.0664. The molecule has 0 saturated heterocycles. The van der Waals surface area contributed by atoms with Gasteiger partial charge in [0.2, 0.25) is 0 Å². The average molecular weight is 285 g/mol. The molecule has 2 aromatic heterocycles. The highest BCUT2D eigenvalue weighted by molar-refractivity contribution is 5.36. The smallest absolute Gasteiger partial charge is 0.139 e. The molecule has 5 heteroatoms. The Labute approximate surface area is 124 Å². The van der Waals surface area contributed by atoms with Crippen LogP contribution in [0.3, 0.4) is 0 Å². The van der Waals surface area contributed by atoms with Gasteiger partial charge in [0, 0.05) is 24.7 Å². The Balaban J connectivity index is 2.03. The summed E-state index contributed by atoms with van der Waals surface area (Å²) >= 11 is 0. The molecule has 0 spiro atoms. The molecular formula is C16H19N3O2. The van der Waals surface area contributed by atoms with Crippen molar-refractivity contribution in [1.82, 2.24) is 14.8 Å². The summed E-state index contributed by atoms with van der Waals surface area (Å²) in [5, 5.41) is 13.1. The quantitative estimate of drug-likeness (QED) is 0.853. The number of aromatic nitrogens is 3. The van der Waals surface area contributed by atoms with Crippen LogP contribution in [0.25, 0.3) is 0 Å². The number of aliphatic hydroxyl groups excluding tert-OH is 1. The average Bonchev–Trinajstić information content (AvgIpc) is 2.86. The van der Waals surface area contributed by atoms with E-state index in [4.69, 9.17) is 9.84 Å². The Bertz CT molecular complexity index is 653. The van der Waals surface area contributed by atoms with E-state index >= 15 is 0 Å². The largest absolute Gasteiger partial charge is 0.486 e. The minimum atomic E-state index is 0.0664. The van der Waals surface area contributed by atoms with Crippen molar-refractivity contribution in [2.75, 3.05) is 6.61 Å². The first-order valence-corrected chi connectivity index (χ1v) is 6.94. The van der Waals surface area contributed by atoms with E-state index in [2.05, 4.69) is 28.8 Å². The van der Waals surface area contributed by atoms with Gasteiger partial charge < -0.3 is 9.84 Å². The molecule has 0 aliphatic rings. The van der Waals surface area contributed by atoms with Crippen molar-refractivity contribution < 1.29 is 9.84 Å². The second-order valence-electron chi connectivity index (χ2n) is 4.57. The van der Waals surface area contributed by atoms with E-state index in [-0.39, 0.29) is 6.61 Å². The SMILES string of the molecule is CCn1nc(C)cc1COc1cncc(C#CCCO)c1. The zero-order chi connectivity index (χ0) is 15.1. The van der Waals surface area contributed by atoms with Gasteiger partial charge >= 0.3 is 0 Å². The lowest BCUT2D eigenvalue weighted by Gasteiger charge is -2.07. The number of aryl methyl sites for hydroxylation is 2. The molecule has 0 aliphatic carbocycles. The molecule has 0 fully saturated rings. The first kappa shape index (κ1) is 15.1. The van der Waals surface area contributed by atoms with Crippen LogP contribution in [0, 0.1) is 18.8 Å². The van der Waals surface area contributed by atoms with E-state index in [1.807, 2.05) is 23.7 Å². The molecule has 5 nitrogen and oxygen atoms in total. The Hall–Kier alpha value is -2.32. The van der Waals surface area contributed by atoms with Crippen molar-refractivity contribution in [2.45, 2.75) is 33.4 Å². The normalized spacial score (nSPS) is 10.0. The van der Waals surface area contributed by atoms with Crippen LogP contribution in [0.2, 0.25) is 0 Å². The summed E-state index contributed by atoms with van der Waals surface area (Å²) in [6, 6.07) is 3.86. The molecule has 0 saturated carbocycles. The maximum atomic E-state index is 8.71. The first-order valence-electron chi connectivity index (χ1n) is 6.94. The zero-order valence-corrected chi connectivity index (χ0v) is 12.3. The van der Waals surface area contributed by atoms with Crippen LogP contribution in [0.15, 0.2) is 24.5 Å². The van der Waals surface area contributed by atoms with Crippen LogP contribution in [0.5, 0.6) is 5.75 Å². The number of nitrogens with zero attached hydrogens (tertiary/aromatic N) is 3. The van der Waals surface area contributed by atoms with Gasteiger partial charge in [-0.15, -0.1) is 0 Å². The van der Waals surface area contributed by atoms with Crippen LogP contribution < -0.4 is 4.74 Å². The summed E-state index contributed by atoms with van der Waals surface area (Å²) in [5.74, 6) is 6.48. The summed E-state index contributed by atoms with van der Waals surface area (Å²) in [6.45, 7) is 5.35.